The van der Waals surface area contributed by atoms with Crippen LogP contribution in [0.15, 0.2) is 5.38 Å². The van der Waals surface area contributed by atoms with E-state index in [1.54, 1.807) is 11.3 Å². The van der Waals surface area contributed by atoms with Gasteiger partial charge < -0.3 is 10.6 Å². The van der Waals surface area contributed by atoms with Crippen molar-refractivity contribution in [1.82, 2.24) is 9.88 Å². The van der Waals surface area contributed by atoms with Gasteiger partial charge in [0.15, 0.2) is 0 Å². The summed E-state index contributed by atoms with van der Waals surface area (Å²) in [5.41, 5.74) is 6.96. The van der Waals surface area contributed by atoms with Crippen molar-refractivity contribution in [2.24, 2.45) is 11.7 Å². The van der Waals surface area contributed by atoms with Gasteiger partial charge in [0.05, 0.1) is 10.7 Å². The first-order valence-corrected chi connectivity index (χ1v) is 7.39. The van der Waals surface area contributed by atoms with Crippen LogP contribution < -0.4 is 5.73 Å². The highest BCUT2D eigenvalue weighted by molar-refractivity contribution is 7.09. The lowest BCUT2D eigenvalue weighted by Crippen LogP contribution is -2.32. The van der Waals surface area contributed by atoms with E-state index in [9.17, 15) is 0 Å². The Labute approximate surface area is 108 Å². The fourth-order valence-electron chi connectivity index (χ4n) is 2.55. The maximum atomic E-state index is 5.79. The topological polar surface area (TPSA) is 42.1 Å². The zero-order valence-corrected chi connectivity index (χ0v) is 11.7. The maximum Gasteiger partial charge on any atom is 0.0931 e. The molecule has 0 amide bonds. The Kier molecular flexibility index (Phi) is 4.54. The SMILES string of the molecule is CC(N)Cc1csc(CC2CCCN(C)C2)n1. The quantitative estimate of drug-likeness (QED) is 0.891. The number of piperidine rings is 1. The van der Waals surface area contributed by atoms with E-state index in [-0.39, 0.29) is 6.04 Å². The van der Waals surface area contributed by atoms with Crippen LogP contribution in [0.1, 0.15) is 30.5 Å². The number of aromatic nitrogens is 1. The first-order chi connectivity index (χ1) is 8.13. The average Bonchev–Trinajstić information content (AvgIpc) is 2.64. The first-order valence-electron chi connectivity index (χ1n) is 6.51. The Morgan fingerprint density at radius 1 is 1.65 bits per heavy atom. The molecule has 1 aromatic rings. The zero-order valence-electron chi connectivity index (χ0n) is 10.9. The van der Waals surface area contributed by atoms with Gasteiger partial charge in [0.1, 0.15) is 0 Å². The average molecular weight is 253 g/mol. The van der Waals surface area contributed by atoms with Crippen molar-refractivity contribution in [3.8, 4) is 0 Å². The summed E-state index contributed by atoms with van der Waals surface area (Å²) in [7, 11) is 2.22. The maximum absolute atomic E-state index is 5.79. The Morgan fingerprint density at radius 2 is 2.47 bits per heavy atom. The van der Waals surface area contributed by atoms with Gasteiger partial charge in [0.2, 0.25) is 0 Å². The summed E-state index contributed by atoms with van der Waals surface area (Å²) >= 11 is 1.80. The van der Waals surface area contributed by atoms with E-state index in [1.165, 1.54) is 36.6 Å². The van der Waals surface area contributed by atoms with Crippen molar-refractivity contribution in [1.29, 1.82) is 0 Å². The molecule has 0 bridgehead atoms. The fourth-order valence-corrected chi connectivity index (χ4v) is 3.48. The number of likely N-dealkylation sites (tertiary alicyclic amines) is 1. The van der Waals surface area contributed by atoms with E-state index in [4.69, 9.17) is 5.73 Å². The molecule has 2 atom stereocenters. The summed E-state index contributed by atoms with van der Waals surface area (Å²) in [6, 6.07) is 0.214. The second kappa shape index (κ2) is 5.94. The molecule has 3 nitrogen and oxygen atoms in total. The van der Waals surface area contributed by atoms with Crippen LogP contribution >= 0.6 is 11.3 Å². The molecule has 0 aromatic carbocycles. The van der Waals surface area contributed by atoms with Crippen molar-refractivity contribution >= 4 is 11.3 Å². The monoisotopic (exact) mass is 253 g/mol. The predicted octanol–water partition coefficient (Wildman–Crippen LogP) is 1.92. The third kappa shape index (κ3) is 4.05. The second-order valence-electron chi connectivity index (χ2n) is 5.39. The number of thiazole rings is 1. The van der Waals surface area contributed by atoms with Crippen LogP contribution in [0.5, 0.6) is 0 Å². The van der Waals surface area contributed by atoms with E-state index < -0.39 is 0 Å². The standard InChI is InChI=1S/C13H23N3S/c1-10(14)6-12-9-17-13(15-12)7-11-4-3-5-16(2)8-11/h9-11H,3-8,14H2,1-2H3. The lowest BCUT2D eigenvalue weighted by Gasteiger charge is -2.29. The molecule has 1 aromatic heterocycles. The van der Waals surface area contributed by atoms with Crippen LogP contribution in [0.4, 0.5) is 0 Å². The predicted molar refractivity (Wildman–Crippen MR) is 73.4 cm³/mol. The molecule has 0 saturated carbocycles. The number of hydrogen-bond acceptors (Lipinski definition) is 4. The summed E-state index contributed by atoms with van der Waals surface area (Å²) in [6.45, 7) is 4.52. The molecule has 2 rings (SSSR count). The molecule has 2 unspecified atom stereocenters. The summed E-state index contributed by atoms with van der Waals surface area (Å²) in [6.07, 6.45) is 4.74. The minimum atomic E-state index is 0.214. The summed E-state index contributed by atoms with van der Waals surface area (Å²) in [5.74, 6) is 0.794. The minimum Gasteiger partial charge on any atom is -0.328 e. The van der Waals surface area contributed by atoms with Crippen molar-refractivity contribution in [3.05, 3.63) is 16.1 Å². The molecule has 0 spiro atoms. The van der Waals surface area contributed by atoms with Crippen molar-refractivity contribution in [2.75, 3.05) is 20.1 Å². The van der Waals surface area contributed by atoms with E-state index in [0.717, 1.165) is 18.8 Å². The van der Waals surface area contributed by atoms with Crippen LogP contribution in [0.2, 0.25) is 0 Å². The molecule has 1 saturated heterocycles. The van der Waals surface area contributed by atoms with E-state index in [0.29, 0.717) is 0 Å². The van der Waals surface area contributed by atoms with Gasteiger partial charge in [-0.1, -0.05) is 0 Å². The Balaban J connectivity index is 1.87. The van der Waals surface area contributed by atoms with Gasteiger partial charge in [0.25, 0.3) is 0 Å². The third-order valence-corrected chi connectivity index (χ3v) is 4.24. The molecule has 2 heterocycles. The van der Waals surface area contributed by atoms with E-state index in [2.05, 4.69) is 22.3 Å². The van der Waals surface area contributed by atoms with Crippen LogP contribution in [-0.2, 0) is 12.8 Å². The fraction of sp³-hybridized carbons (Fsp3) is 0.769. The summed E-state index contributed by atoms with van der Waals surface area (Å²) in [4.78, 5) is 7.12. The molecule has 0 aliphatic carbocycles. The van der Waals surface area contributed by atoms with Crippen LogP contribution in [0, 0.1) is 5.92 Å². The molecule has 1 aliphatic rings. The van der Waals surface area contributed by atoms with Crippen molar-refractivity contribution in [2.45, 2.75) is 38.6 Å². The zero-order chi connectivity index (χ0) is 12.3. The summed E-state index contributed by atoms with van der Waals surface area (Å²) < 4.78 is 0. The summed E-state index contributed by atoms with van der Waals surface area (Å²) in [5, 5.41) is 3.46. The van der Waals surface area contributed by atoms with Crippen molar-refractivity contribution < 1.29 is 0 Å². The molecule has 0 radical (unpaired) electrons. The lowest BCUT2D eigenvalue weighted by atomic mass is 9.95. The highest BCUT2D eigenvalue weighted by Gasteiger charge is 2.18. The molecule has 96 valence electrons. The number of nitrogens with two attached hydrogens (primary N) is 1. The largest absolute Gasteiger partial charge is 0.328 e. The smallest absolute Gasteiger partial charge is 0.0931 e. The molecular weight excluding hydrogens is 230 g/mol. The van der Waals surface area contributed by atoms with Gasteiger partial charge in [-0.15, -0.1) is 11.3 Å². The minimum absolute atomic E-state index is 0.214. The Morgan fingerprint density at radius 3 is 3.18 bits per heavy atom. The number of hydrogen-bond donors (Lipinski definition) is 1. The highest BCUT2D eigenvalue weighted by atomic mass is 32.1. The third-order valence-electron chi connectivity index (χ3n) is 3.32. The molecule has 2 N–H and O–H groups in total. The molecule has 4 heteroatoms. The van der Waals surface area contributed by atoms with Gasteiger partial charge in [-0.05, 0) is 39.3 Å². The van der Waals surface area contributed by atoms with Gasteiger partial charge >= 0.3 is 0 Å². The molecular formula is C13H23N3S. The number of nitrogens with zero attached hydrogens (tertiary/aromatic N) is 2. The first kappa shape index (κ1) is 13.0. The van der Waals surface area contributed by atoms with E-state index in [1.807, 2.05) is 6.92 Å². The Hall–Kier alpha value is -0.450. The Bertz CT molecular complexity index is 348. The van der Waals surface area contributed by atoms with Crippen molar-refractivity contribution in [3.63, 3.8) is 0 Å². The van der Waals surface area contributed by atoms with Gasteiger partial charge in [-0.2, -0.15) is 0 Å². The molecule has 17 heavy (non-hydrogen) atoms. The second-order valence-corrected chi connectivity index (χ2v) is 6.33. The van der Waals surface area contributed by atoms with Gasteiger partial charge in [-0.25, -0.2) is 4.98 Å². The molecule has 1 fully saturated rings. The lowest BCUT2D eigenvalue weighted by molar-refractivity contribution is 0.209. The van der Waals surface area contributed by atoms with Crippen LogP contribution in [-0.4, -0.2) is 36.1 Å². The van der Waals surface area contributed by atoms with E-state index >= 15 is 0 Å². The normalized spacial score (nSPS) is 23.8. The van der Waals surface area contributed by atoms with Gasteiger partial charge in [0, 0.05) is 30.8 Å². The molecule has 1 aliphatic heterocycles. The highest BCUT2D eigenvalue weighted by Crippen LogP contribution is 2.22. The van der Waals surface area contributed by atoms with Gasteiger partial charge in [-0.3, -0.25) is 0 Å². The number of rotatable bonds is 4. The van der Waals surface area contributed by atoms with Crippen LogP contribution in [0.3, 0.4) is 0 Å². The van der Waals surface area contributed by atoms with Crippen LogP contribution in [0.25, 0.3) is 0 Å².